The van der Waals surface area contributed by atoms with E-state index in [0.29, 0.717) is 19.6 Å². The summed E-state index contributed by atoms with van der Waals surface area (Å²) >= 11 is 3.25. The molecule has 0 bridgehead atoms. The average molecular weight is 243 g/mol. The molecule has 0 saturated carbocycles. The van der Waals surface area contributed by atoms with E-state index in [4.69, 9.17) is 0 Å². The van der Waals surface area contributed by atoms with Crippen LogP contribution < -0.4 is 4.72 Å². The van der Waals surface area contributed by atoms with E-state index in [1.807, 2.05) is 0 Å². The van der Waals surface area contributed by atoms with Gasteiger partial charge in [0.15, 0.2) is 0 Å². The topological polar surface area (TPSA) is 49.4 Å². The van der Waals surface area contributed by atoms with E-state index >= 15 is 0 Å². The minimum absolute atomic E-state index is 0.546. The molecule has 1 N–H and O–H groups in total. The van der Waals surface area contributed by atoms with E-state index in [9.17, 15) is 8.42 Å². The van der Waals surface area contributed by atoms with Crippen molar-refractivity contribution in [2.75, 3.05) is 25.0 Å². The van der Waals surface area contributed by atoms with Crippen molar-refractivity contribution in [3.8, 4) is 0 Å². The lowest BCUT2D eigenvalue weighted by molar-refractivity contribution is 0.450. The monoisotopic (exact) mass is 242 g/mol. The van der Waals surface area contributed by atoms with Crippen molar-refractivity contribution in [2.24, 2.45) is 0 Å². The number of halogens is 1. The van der Waals surface area contributed by atoms with Crippen molar-refractivity contribution in [3.63, 3.8) is 0 Å². The molecule has 1 rings (SSSR count). The van der Waals surface area contributed by atoms with Crippen LogP contribution in [0.4, 0.5) is 0 Å². The molecule has 1 aliphatic rings. The molecule has 66 valence electrons. The Morgan fingerprint density at radius 1 is 1.55 bits per heavy atom. The van der Waals surface area contributed by atoms with Crippen molar-refractivity contribution < 1.29 is 8.42 Å². The summed E-state index contributed by atoms with van der Waals surface area (Å²) in [6.07, 6.45) is 0.862. The molecular formula is C5H11BrN2O2S. The largest absolute Gasteiger partial charge is 0.279 e. The molecule has 0 unspecified atom stereocenters. The summed E-state index contributed by atoms with van der Waals surface area (Å²) in [6, 6.07) is 0. The number of hydrogen-bond donors (Lipinski definition) is 1. The molecule has 0 aliphatic carbocycles. The standard InChI is InChI=1S/C5H11BrN2O2S/c6-2-1-4-8-5-3-7-11(8,9)10/h7H,1-5H2. The summed E-state index contributed by atoms with van der Waals surface area (Å²) in [5, 5.41) is 0.846. The van der Waals surface area contributed by atoms with Gasteiger partial charge in [-0.15, -0.1) is 0 Å². The van der Waals surface area contributed by atoms with Crippen LogP contribution in [0.1, 0.15) is 6.42 Å². The first-order valence-electron chi connectivity index (χ1n) is 3.47. The van der Waals surface area contributed by atoms with Gasteiger partial charge in [0, 0.05) is 25.0 Å². The molecular weight excluding hydrogens is 232 g/mol. The number of alkyl halides is 1. The van der Waals surface area contributed by atoms with E-state index in [1.54, 1.807) is 0 Å². The second kappa shape index (κ2) is 3.84. The SMILES string of the molecule is O=S1(=O)NCCN1CCCBr. The highest BCUT2D eigenvalue weighted by Crippen LogP contribution is 2.05. The van der Waals surface area contributed by atoms with Gasteiger partial charge in [-0.2, -0.15) is 12.7 Å². The third-order valence-corrected chi connectivity index (χ3v) is 3.70. The minimum atomic E-state index is -3.10. The predicted octanol–water partition coefficient (Wildman–Crippen LogP) is -0.0786. The summed E-state index contributed by atoms with van der Waals surface area (Å²) in [5.41, 5.74) is 0. The third kappa shape index (κ3) is 2.40. The number of nitrogens with one attached hydrogen (secondary N) is 1. The lowest BCUT2D eigenvalue weighted by atomic mass is 10.5. The van der Waals surface area contributed by atoms with Gasteiger partial charge in [-0.3, -0.25) is 0 Å². The van der Waals surface area contributed by atoms with Gasteiger partial charge in [0.2, 0.25) is 0 Å². The van der Waals surface area contributed by atoms with Gasteiger partial charge >= 0.3 is 0 Å². The summed E-state index contributed by atoms with van der Waals surface area (Å²) in [5.74, 6) is 0. The van der Waals surface area contributed by atoms with Crippen LogP contribution in [0.5, 0.6) is 0 Å². The fraction of sp³-hybridized carbons (Fsp3) is 1.00. The molecule has 6 heteroatoms. The number of hydrogen-bond acceptors (Lipinski definition) is 2. The highest BCUT2D eigenvalue weighted by Gasteiger charge is 2.26. The van der Waals surface area contributed by atoms with Crippen LogP contribution in [0.3, 0.4) is 0 Å². The predicted molar refractivity (Wildman–Crippen MR) is 46.9 cm³/mol. The summed E-state index contributed by atoms with van der Waals surface area (Å²) < 4.78 is 26.0. The van der Waals surface area contributed by atoms with Crippen LogP contribution in [0, 0.1) is 0 Å². The first-order valence-corrected chi connectivity index (χ1v) is 6.03. The van der Waals surface area contributed by atoms with Crippen molar-refractivity contribution >= 4 is 26.1 Å². The van der Waals surface area contributed by atoms with Crippen molar-refractivity contribution in [3.05, 3.63) is 0 Å². The Labute approximate surface area is 75.3 Å². The molecule has 11 heavy (non-hydrogen) atoms. The lowest BCUT2D eigenvalue weighted by Crippen LogP contribution is -2.30. The van der Waals surface area contributed by atoms with Crippen LogP contribution in [-0.4, -0.2) is 37.7 Å². The molecule has 0 spiro atoms. The maximum atomic E-state index is 11.1. The Balaban J connectivity index is 2.45. The minimum Gasteiger partial charge on any atom is -0.201 e. The molecule has 1 fully saturated rings. The molecule has 1 aliphatic heterocycles. The van der Waals surface area contributed by atoms with E-state index in [-0.39, 0.29) is 0 Å². The summed E-state index contributed by atoms with van der Waals surface area (Å²) in [4.78, 5) is 0. The fourth-order valence-corrected chi connectivity index (χ4v) is 2.46. The zero-order valence-electron chi connectivity index (χ0n) is 6.09. The Bertz CT molecular complexity index is 217. The summed E-state index contributed by atoms with van der Waals surface area (Å²) in [6.45, 7) is 1.76. The van der Waals surface area contributed by atoms with Crippen molar-refractivity contribution in [1.82, 2.24) is 9.03 Å². The average Bonchev–Trinajstić information content (AvgIpc) is 2.25. The zero-order valence-corrected chi connectivity index (χ0v) is 8.49. The van der Waals surface area contributed by atoms with Crippen LogP contribution >= 0.6 is 15.9 Å². The zero-order chi connectivity index (χ0) is 8.32. The first kappa shape index (κ1) is 9.44. The van der Waals surface area contributed by atoms with Gasteiger partial charge in [0.1, 0.15) is 0 Å². The molecule has 4 nitrogen and oxygen atoms in total. The quantitative estimate of drug-likeness (QED) is 0.705. The second-order valence-electron chi connectivity index (χ2n) is 2.34. The van der Waals surface area contributed by atoms with Crippen LogP contribution in [-0.2, 0) is 10.2 Å². The summed E-state index contributed by atoms with van der Waals surface area (Å²) in [7, 11) is -3.10. The molecule has 1 saturated heterocycles. The maximum Gasteiger partial charge on any atom is 0.279 e. The van der Waals surface area contributed by atoms with Gasteiger partial charge < -0.3 is 0 Å². The molecule has 0 amide bonds. The van der Waals surface area contributed by atoms with Crippen molar-refractivity contribution in [1.29, 1.82) is 0 Å². The molecule has 1 heterocycles. The Morgan fingerprint density at radius 3 is 2.73 bits per heavy atom. The molecule has 0 radical (unpaired) electrons. The maximum absolute atomic E-state index is 11.1. The number of nitrogens with zero attached hydrogens (tertiary/aromatic N) is 1. The van der Waals surface area contributed by atoms with Gasteiger partial charge in [-0.05, 0) is 6.42 Å². The van der Waals surface area contributed by atoms with Crippen LogP contribution in [0.15, 0.2) is 0 Å². The highest BCUT2D eigenvalue weighted by molar-refractivity contribution is 9.09. The third-order valence-electron chi connectivity index (χ3n) is 1.53. The van der Waals surface area contributed by atoms with Crippen LogP contribution in [0.2, 0.25) is 0 Å². The van der Waals surface area contributed by atoms with E-state index in [1.165, 1.54) is 4.31 Å². The van der Waals surface area contributed by atoms with Gasteiger partial charge in [-0.25, -0.2) is 4.72 Å². The van der Waals surface area contributed by atoms with Crippen LogP contribution in [0.25, 0.3) is 0 Å². The van der Waals surface area contributed by atoms with Gasteiger partial charge in [0.05, 0.1) is 0 Å². The lowest BCUT2D eigenvalue weighted by Gasteiger charge is -2.11. The molecule has 0 atom stereocenters. The Kier molecular flexibility index (Phi) is 3.29. The van der Waals surface area contributed by atoms with E-state index < -0.39 is 10.2 Å². The van der Waals surface area contributed by atoms with E-state index in [2.05, 4.69) is 20.7 Å². The molecule has 0 aromatic carbocycles. The highest BCUT2D eigenvalue weighted by atomic mass is 79.9. The fourth-order valence-electron chi connectivity index (χ4n) is 0.979. The first-order chi connectivity index (χ1) is 5.17. The smallest absolute Gasteiger partial charge is 0.201 e. The van der Waals surface area contributed by atoms with Gasteiger partial charge in [-0.1, -0.05) is 15.9 Å². The van der Waals surface area contributed by atoms with Crippen molar-refractivity contribution in [2.45, 2.75) is 6.42 Å². The van der Waals surface area contributed by atoms with Gasteiger partial charge in [0.25, 0.3) is 10.2 Å². The Morgan fingerprint density at radius 2 is 2.27 bits per heavy atom. The normalized spacial score (nSPS) is 24.1. The molecule has 0 aromatic rings. The number of rotatable bonds is 3. The second-order valence-corrected chi connectivity index (χ2v) is 4.89. The molecule has 0 aromatic heterocycles. The Hall–Kier alpha value is 0.350. The van der Waals surface area contributed by atoms with E-state index in [0.717, 1.165) is 11.8 Å².